The quantitative estimate of drug-likeness (QED) is 0.222. The van der Waals surface area contributed by atoms with Crippen LogP contribution in [0.4, 0.5) is 5.69 Å². The van der Waals surface area contributed by atoms with Gasteiger partial charge in [-0.2, -0.15) is 5.10 Å². The maximum atomic E-state index is 12.7. The van der Waals surface area contributed by atoms with Crippen LogP contribution in [0.3, 0.4) is 0 Å². The molecule has 1 N–H and O–H groups in total. The Morgan fingerprint density at radius 2 is 1.61 bits per heavy atom. The molecular weight excluding hydrogens is 506 g/mol. The molecule has 0 radical (unpaired) electrons. The van der Waals surface area contributed by atoms with E-state index >= 15 is 0 Å². The number of aryl methyl sites for hydroxylation is 1. The summed E-state index contributed by atoms with van der Waals surface area (Å²) >= 11 is 5.98. The summed E-state index contributed by atoms with van der Waals surface area (Å²) in [6, 6.07) is 19.9. The number of benzene rings is 3. The topological polar surface area (TPSA) is 83.8 Å². The summed E-state index contributed by atoms with van der Waals surface area (Å²) in [7, 11) is 0. The number of hydrogen-bond acceptors (Lipinski definition) is 6. The van der Waals surface area contributed by atoms with Gasteiger partial charge in [0.25, 0.3) is 5.91 Å². The van der Waals surface area contributed by atoms with Crippen molar-refractivity contribution < 1.29 is 23.7 Å². The van der Waals surface area contributed by atoms with Gasteiger partial charge >= 0.3 is 0 Å². The smallest absolute Gasteiger partial charge is 0.276 e. The summed E-state index contributed by atoms with van der Waals surface area (Å²) in [5.41, 5.74) is 2.79. The Kier molecular flexibility index (Phi) is 9.11. The van der Waals surface area contributed by atoms with E-state index < -0.39 is 0 Å². The van der Waals surface area contributed by atoms with Crippen molar-refractivity contribution in [1.82, 2.24) is 9.78 Å². The number of nitrogens with zero attached hydrogens (tertiary/aromatic N) is 2. The van der Waals surface area contributed by atoms with Gasteiger partial charge in [-0.1, -0.05) is 17.7 Å². The lowest BCUT2D eigenvalue weighted by Crippen LogP contribution is -2.14. The van der Waals surface area contributed by atoms with Crippen LogP contribution >= 0.6 is 11.6 Å². The lowest BCUT2D eigenvalue weighted by molar-refractivity contribution is 0.102. The van der Waals surface area contributed by atoms with Gasteiger partial charge in [0.1, 0.15) is 18.1 Å². The number of carbonyl (C=O) groups excluding carboxylic acids is 1. The van der Waals surface area contributed by atoms with Crippen molar-refractivity contribution >= 4 is 23.2 Å². The summed E-state index contributed by atoms with van der Waals surface area (Å²) in [6.07, 6.45) is 1.69. The van der Waals surface area contributed by atoms with Crippen molar-refractivity contribution in [3.8, 4) is 23.0 Å². The van der Waals surface area contributed by atoms with Crippen LogP contribution in [0.1, 0.15) is 35.5 Å². The highest BCUT2D eigenvalue weighted by Gasteiger charge is 2.11. The molecule has 0 saturated carbocycles. The van der Waals surface area contributed by atoms with Crippen LogP contribution in [0.5, 0.6) is 23.0 Å². The van der Waals surface area contributed by atoms with Gasteiger partial charge in [0.05, 0.1) is 13.2 Å². The minimum Gasteiger partial charge on any atom is -0.490 e. The van der Waals surface area contributed by atoms with Crippen LogP contribution < -0.4 is 24.3 Å². The summed E-state index contributed by atoms with van der Waals surface area (Å²) in [6.45, 7) is 7.44. The van der Waals surface area contributed by atoms with Crippen molar-refractivity contribution in [2.75, 3.05) is 18.5 Å². The molecule has 0 atom stereocenters. The minimum absolute atomic E-state index is 0.169. The first-order valence-electron chi connectivity index (χ1n) is 12.3. The largest absolute Gasteiger partial charge is 0.490 e. The second kappa shape index (κ2) is 12.9. The van der Waals surface area contributed by atoms with Gasteiger partial charge in [0.2, 0.25) is 0 Å². The van der Waals surface area contributed by atoms with Gasteiger partial charge in [-0.05, 0) is 92.6 Å². The molecule has 0 aliphatic rings. The third-order valence-corrected chi connectivity index (χ3v) is 5.72. The summed E-state index contributed by atoms with van der Waals surface area (Å²) < 4.78 is 24.5. The zero-order chi connectivity index (χ0) is 26.9. The highest BCUT2D eigenvalue weighted by Crippen LogP contribution is 2.29. The van der Waals surface area contributed by atoms with E-state index in [0.29, 0.717) is 53.5 Å². The monoisotopic (exact) mass is 535 g/mol. The van der Waals surface area contributed by atoms with Crippen molar-refractivity contribution in [3.05, 3.63) is 94.8 Å². The third-order valence-electron chi connectivity index (χ3n) is 5.49. The Bertz CT molecular complexity index is 1370. The number of ether oxygens (including phenoxy) is 4. The molecule has 198 valence electrons. The predicted octanol–water partition coefficient (Wildman–Crippen LogP) is 6.51. The number of amides is 1. The van der Waals surface area contributed by atoms with Crippen LogP contribution in [0.2, 0.25) is 5.02 Å². The third kappa shape index (κ3) is 7.20. The fourth-order valence-corrected chi connectivity index (χ4v) is 3.87. The minimum atomic E-state index is -0.321. The van der Waals surface area contributed by atoms with Crippen molar-refractivity contribution in [3.63, 3.8) is 0 Å². The molecule has 1 aromatic heterocycles. The first kappa shape index (κ1) is 26.9. The number of nitrogens with one attached hydrogen (secondary N) is 1. The van der Waals surface area contributed by atoms with Crippen molar-refractivity contribution in [2.24, 2.45) is 0 Å². The maximum absolute atomic E-state index is 12.7. The highest BCUT2D eigenvalue weighted by molar-refractivity contribution is 6.30. The fraction of sp³-hybridized carbons (Fsp3) is 0.241. The Hall–Kier alpha value is -4.17. The van der Waals surface area contributed by atoms with Gasteiger partial charge in [0.15, 0.2) is 23.9 Å². The number of hydrogen-bond donors (Lipinski definition) is 1. The molecule has 0 aliphatic heterocycles. The number of aromatic nitrogens is 2. The number of carbonyl (C=O) groups is 1. The van der Waals surface area contributed by atoms with E-state index in [-0.39, 0.29) is 18.3 Å². The molecule has 9 heteroatoms. The molecule has 0 aliphatic carbocycles. The van der Waals surface area contributed by atoms with E-state index in [1.165, 1.54) is 0 Å². The van der Waals surface area contributed by atoms with Gasteiger partial charge in [-0.3, -0.25) is 4.79 Å². The summed E-state index contributed by atoms with van der Waals surface area (Å²) in [4.78, 5) is 12.7. The molecule has 0 spiro atoms. The molecule has 0 saturated heterocycles. The van der Waals surface area contributed by atoms with E-state index in [0.717, 1.165) is 11.1 Å². The Labute approximate surface area is 227 Å². The second-order valence-corrected chi connectivity index (χ2v) is 8.77. The molecule has 4 rings (SSSR count). The lowest BCUT2D eigenvalue weighted by Gasteiger charge is -2.13. The van der Waals surface area contributed by atoms with E-state index in [4.69, 9.17) is 30.5 Å². The first-order chi connectivity index (χ1) is 18.4. The molecule has 4 aromatic rings. The molecule has 8 nitrogen and oxygen atoms in total. The SMILES string of the molecule is CCOc1ccc(COc2ccc(NC(=O)c3ccn(COc4ccc(Cl)cc4C)n3)cc2)cc1OCC. The van der Waals surface area contributed by atoms with Crippen LogP contribution in [0.25, 0.3) is 0 Å². The lowest BCUT2D eigenvalue weighted by atomic mass is 10.2. The first-order valence-corrected chi connectivity index (χ1v) is 12.7. The van der Waals surface area contributed by atoms with Crippen LogP contribution in [0.15, 0.2) is 72.9 Å². The maximum Gasteiger partial charge on any atom is 0.276 e. The normalized spacial score (nSPS) is 10.6. The van der Waals surface area contributed by atoms with Crippen LogP contribution in [-0.4, -0.2) is 28.9 Å². The zero-order valence-corrected chi connectivity index (χ0v) is 22.3. The highest BCUT2D eigenvalue weighted by atomic mass is 35.5. The van der Waals surface area contributed by atoms with Gasteiger partial charge < -0.3 is 24.3 Å². The van der Waals surface area contributed by atoms with Crippen LogP contribution in [-0.2, 0) is 13.3 Å². The molecular formula is C29H30ClN3O5. The molecule has 3 aromatic carbocycles. The Balaban J connectivity index is 1.29. The molecule has 1 heterocycles. The van der Waals surface area contributed by atoms with Gasteiger partial charge in [-0.25, -0.2) is 4.68 Å². The number of anilines is 1. The van der Waals surface area contributed by atoms with E-state index in [2.05, 4.69) is 10.4 Å². The van der Waals surface area contributed by atoms with Crippen LogP contribution in [0, 0.1) is 6.92 Å². The average molecular weight is 536 g/mol. The fourth-order valence-electron chi connectivity index (χ4n) is 3.65. The number of halogens is 1. The average Bonchev–Trinajstić information content (AvgIpc) is 3.39. The Morgan fingerprint density at radius 1 is 0.868 bits per heavy atom. The molecule has 1 amide bonds. The second-order valence-electron chi connectivity index (χ2n) is 8.34. The van der Waals surface area contributed by atoms with Gasteiger partial charge in [-0.15, -0.1) is 0 Å². The zero-order valence-electron chi connectivity index (χ0n) is 21.6. The predicted molar refractivity (Wildman–Crippen MR) is 147 cm³/mol. The molecule has 38 heavy (non-hydrogen) atoms. The summed E-state index contributed by atoms with van der Waals surface area (Å²) in [5, 5.41) is 7.79. The van der Waals surface area contributed by atoms with E-state index in [1.807, 2.05) is 45.0 Å². The van der Waals surface area contributed by atoms with Crippen molar-refractivity contribution in [2.45, 2.75) is 34.1 Å². The van der Waals surface area contributed by atoms with Gasteiger partial charge in [0, 0.05) is 16.9 Å². The van der Waals surface area contributed by atoms with E-state index in [1.54, 1.807) is 53.3 Å². The Morgan fingerprint density at radius 3 is 2.34 bits per heavy atom. The standard InChI is InChI=1S/C29H30ClN3O5/c1-4-35-27-12-6-21(17-28(27)36-5-2)18-37-24-10-8-23(9-11-24)31-29(34)25-14-15-33(32-25)19-38-26-13-7-22(30)16-20(26)3/h6-17H,4-5,18-19H2,1-3H3,(H,31,34). The van der Waals surface area contributed by atoms with E-state index in [9.17, 15) is 4.79 Å². The van der Waals surface area contributed by atoms with Crippen molar-refractivity contribution in [1.29, 1.82) is 0 Å². The molecule has 0 bridgehead atoms. The number of rotatable bonds is 12. The summed E-state index contributed by atoms with van der Waals surface area (Å²) in [5.74, 6) is 2.47. The molecule has 0 unspecified atom stereocenters. The molecule has 0 fully saturated rings.